The first-order chi connectivity index (χ1) is 10.4. The summed E-state index contributed by atoms with van der Waals surface area (Å²) in [5, 5.41) is 3.54. The van der Waals surface area contributed by atoms with E-state index in [0.717, 1.165) is 24.0 Å². The van der Waals surface area contributed by atoms with Crippen molar-refractivity contribution in [3.63, 3.8) is 0 Å². The predicted molar refractivity (Wildman–Crippen MR) is 83.9 cm³/mol. The van der Waals surface area contributed by atoms with E-state index in [1.54, 1.807) is 18.6 Å². The first kappa shape index (κ1) is 13.6. The Morgan fingerprint density at radius 3 is 2.67 bits per heavy atom. The van der Waals surface area contributed by atoms with Crippen molar-refractivity contribution >= 4 is 11.0 Å². The molecule has 3 rings (SSSR count). The molecule has 4 heteroatoms. The normalized spacial score (nSPS) is 12.4. The molecular weight excluding hydrogens is 260 g/mol. The van der Waals surface area contributed by atoms with Crippen LogP contribution in [0.15, 0.2) is 55.1 Å². The van der Waals surface area contributed by atoms with Crippen LogP contribution in [0.3, 0.4) is 0 Å². The van der Waals surface area contributed by atoms with Gasteiger partial charge in [0.2, 0.25) is 0 Å². The molecule has 0 aliphatic carbocycles. The van der Waals surface area contributed by atoms with Crippen molar-refractivity contribution < 1.29 is 0 Å². The number of aromatic nitrogens is 3. The smallest absolute Gasteiger partial charge is 0.0890 e. The van der Waals surface area contributed by atoms with E-state index in [0.29, 0.717) is 0 Å². The van der Waals surface area contributed by atoms with Gasteiger partial charge in [0.25, 0.3) is 0 Å². The second kappa shape index (κ2) is 6.41. The van der Waals surface area contributed by atoms with Crippen LogP contribution in [0.5, 0.6) is 0 Å². The lowest BCUT2D eigenvalue weighted by Crippen LogP contribution is -2.23. The zero-order valence-corrected chi connectivity index (χ0v) is 12.0. The van der Waals surface area contributed by atoms with Crippen LogP contribution >= 0.6 is 0 Å². The van der Waals surface area contributed by atoms with Gasteiger partial charge in [0, 0.05) is 30.8 Å². The Kier molecular flexibility index (Phi) is 4.17. The fraction of sp³-hybridized carbons (Fsp3) is 0.235. The maximum atomic E-state index is 4.39. The van der Waals surface area contributed by atoms with Crippen molar-refractivity contribution in [2.75, 3.05) is 6.54 Å². The van der Waals surface area contributed by atoms with E-state index < -0.39 is 0 Å². The Hall–Kier alpha value is -2.33. The Bertz CT molecular complexity index is 712. The van der Waals surface area contributed by atoms with Gasteiger partial charge in [-0.15, -0.1) is 0 Å². The second-order valence-electron chi connectivity index (χ2n) is 4.98. The lowest BCUT2D eigenvalue weighted by atomic mass is 9.99. The molecule has 0 bridgehead atoms. The number of rotatable bonds is 5. The summed E-state index contributed by atoms with van der Waals surface area (Å²) < 4.78 is 0. The van der Waals surface area contributed by atoms with Gasteiger partial charge >= 0.3 is 0 Å². The van der Waals surface area contributed by atoms with Gasteiger partial charge in [-0.25, -0.2) is 0 Å². The standard InChI is InChI=1S/C17H18N4/c1-2-19-16(10-13-4-3-7-18-12-13)14-5-6-15-17(11-14)21-9-8-20-15/h3-9,11-12,16,19H,2,10H2,1H3. The van der Waals surface area contributed by atoms with Crippen molar-refractivity contribution in [1.82, 2.24) is 20.3 Å². The monoisotopic (exact) mass is 278 g/mol. The van der Waals surface area contributed by atoms with Crippen molar-refractivity contribution in [3.05, 3.63) is 66.2 Å². The lowest BCUT2D eigenvalue weighted by Gasteiger charge is -2.18. The van der Waals surface area contributed by atoms with Crippen LogP contribution in [0, 0.1) is 0 Å². The third-order valence-corrected chi connectivity index (χ3v) is 3.51. The molecule has 0 saturated carbocycles. The Morgan fingerprint density at radius 2 is 1.90 bits per heavy atom. The zero-order valence-electron chi connectivity index (χ0n) is 12.0. The predicted octanol–water partition coefficient (Wildman–Crippen LogP) is 2.92. The van der Waals surface area contributed by atoms with Crippen molar-refractivity contribution in [1.29, 1.82) is 0 Å². The van der Waals surface area contributed by atoms with E-state index in [-0.39, 0.29) is 6.04 Å². The van der Waals surface area contributed by atoms with Crippen LogP contribution in [0.4, 0.5) is 0 Å². The van der Waals surface area contributed by atoms with E-state index in [2.05, 4.69) is 45.4 Å². The minimum atomic E-state index is 0.255. The van der Waals surface area contributed by atoms with Gasteiger partial charge in [0.1, 0.15) is 0 Å². The minimum Gasteiger partial charge on any atom is -0.310 e. The Balaban J connectivity index is 1.91. The third kappa shape index (κ3) is 3.23. The number of hydrogen-bond donors (Lipinski definition) is 1. The summed E-state index contributed by atoms with van der Waals surface area (Å²) in [5.41, 5.74) is 4.32. The van der Waals surface area contributed by atoms with Crippen LogP contribution in [0.2, 0.25) is 0 Å². The molecule has 0 radical (unpaired) electrons. The number of nitrogens with one attached hydrogen (secondary N) is 1. The fourth-order valence-electron chi connectivity index (χ4n) is 2.51. The lowest BCUT2D eigenvalue weighted by molar-refractivity contribution is 0.549. The molecule has 2 aromatic heterocycles. The zero-order chi connectivity index (χ0) is 14.5. The molecule has 0 aliphatic heterocycles. The third-order valence-electron chi connectivity index (χ3n) is 3.51. The van der Waals surface area contributed by atoms with Crippen LogP contribution in [-0.2, 0) is 6.42 Å². The largest absolute Gasteiger partial charge is 0.310 e. The molecule has 1 aromatic carbocycles. The van der Waals surface area contributed by atoms with Crippen LogP contribution in [0.25, 0.3) is 11.0 Å². The van der Waals surface area contributed by atoms with Gasteiger partial charge in [0.15, 0.2) is 0 Å². The van der Waals surface area contributed by atoms with Gasteiger partial charge in [0.05, 0.1) is 11.0 Å². The highest BCUT2D eigenvalue weighted by Gasteiger charge is 2.12. The molecule has 0 spiro atoms. The van der Waals surface area contributed by atoms with E-state index in [9.17, 15) is 0 Å². The average molecular weight is 278 g/mol. The molecule has 1 unspecified atom stereocenters. The highest BCUT2D eigenvalue weighted by Crippen LogP contribution is 2.21. The number of nitrogens with zero attached hydrogens (tertiary/aromatic N) is 3. The maximum absolute atomic E-state index is 4.39. The van der Waals surface area contributed by atoms with E-state index in [1.165, 1.54) is 11.1 Å². The molecule has 21 heavy (non-hydrogen) atoms. The summed E-state index contributed by atoms with van der Waals surface area (Å²) in [6, 6.07) is 10.6. The molecule has 1 atom stereocenters. The summed E-state index contributed by atoms with van der Waals surface area (Å²) in [5.74, 6) is 0. The molecule has 4 nitrogen and oxygen atoms in total. The van der Waals surface area contributed by atoms with E-state index in [4.69, 9.17) is 0 Å². The molecule has 2 heterocycles. The highest BCUT2D eigenvalue weighted by molar-refractivity contribution is 5.74. The summed E-state index contributed by atoms with van der Waals surface area (Å²) in [6.07, 6.45) is 8.09. The van der Waals surface area contributed by atoms with Crippen LogP contribution in [0.1, 0.15) is 24.1 Å². The molecule has 0 saturated heterocycles. The highest BCUT2D eigenvalue weighted by atomic mass is 14.9. The number of hydrogen-bond acceptors (Lipinski definition) is 4. The van der Waals surface area contributed by atoms with Gasteiger partial charge < -0.3 is 5.32 Å². The first-order valence-electron chi connectivity index (χ1n) is 7.20. The Labute approximate surface area is 124 Å². The van der Waals surface area contributed by atoms with Crippen LogP contribution < -0.4 is 5.32 Å². The molecule has 0 aliphatic rings. The number of pyridine rings is 1. The molecule has 3 aromatic rings. The summed E-state index contributed by atoms with van der Waals surface area (Å²) in [6.45, 7) is 3.04. The fourth-order valence-corrected chi connectivity index (χ4v) is 2.51. The first-order valence-corrected chi connectivity index (χ1v) is 7.20. The van der Waals surface area contributed by atoms with E-state index >= 15 is 0 Å². The molecular formula is C17H18N4. The SMILES string of the molecule is CCNC(Cc1cccnc1)c1ccc2nccnc2c1. The van der Waals surface area contributed by atoms with Gasteiger partial charge in [-0.1, -0.05) is 19.1 Å². The summed E-state index contributed by atoms with van der Waals surface area (Å²) >= 11 is 0. The number of benzene rings is 1. The van der Waals surface area contributed by atoms with E-state index in [1.807, 2.05) is 18.3 Å². The quantitative estimate of drug-likeness (QED) is 0.779. The van der Waals surface area contributed by atoms with Gasteiger partial charge in [-0.2, -0.15) is 0 Å². The van der Waals surface area contributed by atoms with Gasteiger partial charge in [-0.05, 0) is 42.3 Å². The van der Waals surface area contributed by atoms with Gasteiger partial charge in [-0.3, -0.25) is 15.0 Å². The van der Waals surface area contributed by atoms with Crippen molar-refractivity contribution in [3.8, 4) is 0 Å². The topological polar surface area (TPSA) is 50.7 Å². The average Bonchev–Trinajstić information content (AvgIpc) is 2.55. The molecule has 0 amide bonds. The molecule has 106 valence electrons. The summed E-state index contributed by atoms with van der Waals surface area (Å²) in [4.78, 5) is 12.9. The number of likely N-dealkylation sites (N-methyl/N-ethyl adjacent to an activating group) is 1. The molecule has 0 fully saturated rings. The van der Waals surface area contributed by atoms with Crippen LogP contribution in [-0.4, -0.2) is 21.5 Å². The van der Waals surface area contributed by atoms with Crippen molar-refractivity contribution in [2.24, 2.45) is 0 Å². The molecule has 1 N–H and O–H groups in total. The minimum absolute atomic E-state index is 0.255. The Morgan fingerprint density at radius 1 is 1.05 bits per heavy atom. The second-order valence-corrected chi connectivity index (χ2v) is 4.98. The summed E-state index contributed by atoms with van der Waals surface area (Å²) in [7, 11) is 0. The maximum Gasteiger partial charge on any atom is 0.0890 e. The number of fused-ring (bicyclic) bond motifs is 1. The van der Waals surface area contributed by atoms with Crippen molar-refractivity contribution in [2.45, 2.75) is 19.4 Å².